The summed E-state index contributed by atoms with van der Waals surface area (Å²) in [4.78, 5) is 34.0. The number of nitrogens with zero attached hydrogens (tertiary/aromatic N) is 7. The summed E-state index contributed by atoms with van der Waals surface area (Å²) in [6.45, 7) is 7.41. The summed E-state index contributed by atoms with van der Waals surface area (Å²) < 4.78 is 13.3. The van der Waals surface area contributed by atoms with Crippen LogP contribution in [-0.4, -0.2) is 91.8 Å². The Hall–Kier alpha value is -3.70. The van der Waals surface area contributed by atoms with Crippen molar-refractivity contribution in [2.75, 3.05) is 32.8 Å². The number of cyclic esters (lactones) is 1. The first-order chi connectivity index (χ1) is 17.9. The minimum Gasteiger partial charge on any atom is -0.459 e. The Morgan fingerprint density at radius 3 is 2.89 bits per heavy atom. The number of fused-ring (bicyclic) bond motifs is 2. The molecule has 3 aliphatic rings. The number of hydrogen-bond donors (Lipinski definition) is 0. The van der Waals surface area contributed by atoms with E-state index >= 15 is 0 Å². The van der Waals surface area contributed by atoms with Gasteiger partial charge in [-0.05, 0) is 53.1 Å². The number of carbonyl (C=O) groups excluding carboxylic acids is 2. The maximum Gasteiger partial charge on any atom is 0.338 e. The second-order valence-electron chi connectivity index (χ2n) is 10.3. The molecular formula is C26H29N7O4. The van der Waals surface area contributed by atoms with Crippen molar-refractivity contribution in [1.29, 1.82) is 0 Å². The average Bonchev–Trinajstić information content (AvgIpc) is 3.43. The number of carbonyl (C=O) groups is 2. The molecule has 0 bridgehead atoms. The van der Waals surface area contributed by atoms with Crippen LogP contribution in [0.1, 0.15) is 40.9 Å². The van der Waals surface area contributed by atoms with Crippen molar-refractivity contribution in [1.82, 2.24) is 35.0 Å². The smallest absolute Gasteiger partial charge is 0.338 e. The lowest BCUT2D eigenvalue weighted by Gasteiger charge is -2.50. The zero-order chi connectivity index (χ0) is 25.6. The quantitative estimate of drug-likeness (QED) is 0.484. The lowest BCUT2D eigenvalue weighted by molar-refractivity contribution is -0.155. The largest absolute Gasteiger partial charge is 0.459 e. The number of ether oxygens (including phenoxy) is 2. The third-order valence-electron chi connectivity index (χ3n) is 7.56. The lowest BCUT2D eigenvalue weighted by Crippen LogP contribution is -2.63. The standard InChI is InChI=1S/C26H29N7O4/c1-17-9-19-11-20(4-5-22(19)25(35)37-17)26(2)15-32-8-7-31(13-21(32)14-36-26)24(34)10-18-3-6-23(27-12-18)33-16-28-29-30-33/h3-6,11-12,16-17,21H,7-10,13-15H2,1-2H3/t17-,21+,26+/m1/s1. The van der Waals surface area contributed by atoms with Crippen LogP contribution in [0.3, 0.4) is 0 Å². The Bertz CT molecular complexity index is 1310. The van der Waals surface area contributed by atoms with Gasteiger partial charge in [-0.2, -0.15) is 4.68 Å². The molecule has 0 radical (unpaired) electrons. The Morgan fingerprint density at radius 1 is 1.22 bits per heavy atom. The maximum atomic E-state index is 13.1. The minimum absolute atomic E-state index is 0.0839. The highest BCUT2D eigenvalue weighted by molar-refractivity contribution is 5.92. The van der Waals surface area contributed by atoms with E-state index in [0.29, 0.717) is 43.9 Å². The molecule has 5 heterocycles. The van der Waals surface area contributed by atoms with E-state index in [-0.39, 0.29) is 24.0 Å². The molecule has 2 aromatic heterocycles. The highest BCUT2D eigenvalue weighted by Gasteiger charge is 2.42. The first-order valence-corrected chi connectivity index (χ1v) is 12.6. The molecule has 3 atom stereocenters. The molecule has 0 unspecified atom stereocenters. The molecular weight excluding hydrogens is 474 g/mol. The maximum absolute atomic E-state index is 13.1. The van der Waals surface area contributed by atoms with E-state index in [1.807, 2.05) is 30.0 Å². The lowest BCUT2D eigenvalue weighted by atomic mass is 9.87. The van der Waals surface area contributed by atoms with E-state index < -0.39 is 5.60 Å². The van der Waals surface area contributed by atoms with Crippen molar-refractivity contribution in [2.45, 2.75) is 44.4 Å². The van der Waals surface area contributed by atoms with Gasteiger partial charge in [-0.15, -0.1) is 5.10 Å². The van der Waals surface area contributed by atoms with E-state index in [1.165, 1.54) is 11.0 Å². The first kappa shape index (κ1) is 23.7. The number of benzene rings is 1. The van der Waals surface area contributed by atoms with Gasteiger partial charge in [0, 0.05) is 38.8 Å². The van der Waals surface area contributed by atoms with E-state index in [0.717, 1.165) is 29.8 Å². The molecule has 1 aromatic carbocycles. The number of rotatable bonds is 4. The molecule has 2 fully saturated rings. The summed E-state index contributed by atoms with van der Waals surface area (Å²) in [7, 11) is 0. The van der Waals surface area contributed by atoms with Gasteiger partial charge in [0.1, 0.15) is 18.0 Å². The Balaban J connectivity index is 1.08. The highest BCUT2D eigenvalue weighted by atomic mass is 16.5. The van der Waals surface area contributed by atoms with Crippen LogP contribution in [-0.2, 0) is 32.7 Å². The SMILES string of the molecule is C[C@@H]1Cc2cc([C@]3(C)CN4CCN(C(=O)Cc5ccc(-n6cnnn6)nc5)C[C@H]4CO3)ccc2C(=O)O1. The summed E-state index contributed by atoms with van der Waals surface area (Å²) in [5.41, 5.74) is 3.11. The van der Waals surface area contributed by atoms with Crippen molar-refractivity contribution in [3.8, 4) is 5.82 Å². The van der Waals surface area contributed by atoms with Crippen LogP contribution in [0, 0.1) is 0 Å². The first-order valence-electron chi connectivity index (χ1n) is 12.6. The van der Waals surface area contributed by atoms with Gasteiger partial charge < -0.3 is 14.4 Å². The van der Waals surface area contributed by atoms with Gasteiger partial charge in [0.05, 0.1) is 24.6 Å². The Labute approximate surface area is 214 Å². The van der Waals surface area contributed by atoms with Crippen LogP contribution < -0.4 is 0 Å². The summed E-state index contributed by atoms with van der Waals surface area (Å²) >= 11 is 0. The molecule has 11 nitrogen and oxygen atoms in total. The number of aromatic nitrogens is 5. The summed E-state index contributed by atoms with van der Waals surface area (Å²) in [5.74, 6) is 0.432. The zero-order valence-electron chi connectivity index (χ0n) is 20.9. The average molecular weight is 504 g/mol. The predicted molar refractivity (Wildman–Crippen MR) is 131 cm³/mol. The van der Waals surface area contributed by atoms with Crippen LogP contribution >= 0.6 is 0 Å². The molecule has 0 saturated carbocycles. The van der Waals surface area contributed by atoms with Crippen molar-refractivity contribution in [2.24, 2.45) is 0 Å². The summed E-state index contributed by atoms with van der Waals surface area (Å²) in [6.07, 6.45) is 4.06. The topological polar surface area (TPSA) is 116 Å². The number of piperazine rings is 1. The van der Waals surface area contributed by atoms with Crippen molar-refractivity contribution >= 4 is 11.9 Å². The fraction of sp³-hybridized carbons (Fsp3) is 0.462. The number of amides is 1. The number of esters is 1. The van der Waals surface area contributed by atoms with E-state index in [1.54, 1.807) is 12.3 Å². The third-order valence-corrected chi connectivity index (χ3v) is 7.56. The molecule has 0 N–H and O–H groups in total. The van der Waals surface area contributed by atoms with Crippen molar-refractivity contribution in [3.05, 3.63) is 65.1 Å². The van der Waals surface area contributed by atoms with Gasteiger partial charge in [-0.1, -0.05) is 18.2 Å². The third kappa shape index (κ3) is 4.60. The Morgan fingerprint density at radius 2 is 2.11 bits per heavy atom. The van der Waals surface area contributed by atoms with Crippen LogP contribution in [0.2, 0.25) is 0 Å². The predicted octanol–water partition coefficient (Wildman–Crippen LogP) is 1.16. The normalized spacial score (nSPS) is 25.8. The van der Waals surface area contributed by atoms with E-state index in [2.05, 4.69) is 38.4 Å². The second kappa shape index (κ2) is 9.31. The molecule has 37 heavy (non-hydrogen) atoms. The van der Waals surface area contributed by atoms with E-state index in [9.17, 15) is 9.59 Å². The van der Waals surface area contributed by atoms with Gasteiger partial charge in [-0.3, -0.25) is 9.69 Å². The monoisotopic (exact) mass is 503 g/mol. The summed E-state index contributed by atoms with van der Waals surface area (Å²) in [6, 6.07) is 9.78. The fourth-order valence-corrected chi connectivity index (χ4v) is 5.47. The number of pyridine rings is 1. The van der Waals surface area contributed by atoms with E-state index in [4.69, 9.17) is 9.47 Å². The minimum atomic E-state index is -0.477. The number of morpholine rings is 1. The summed E-state index contributed by atoms with van der Waals surface area (Å²) in [5, 5.41) is 11.1. The molecule has 1 amide bonds. The molecule has 3 aromatic rings. The fourth-order valence-electron chi connectivity index (χ4n) is 5.47. The van der Waals surface area contributed by atoms with Crippen LogP contribution in [0.5, 0.6) is 0 Å². The molecule has 0 spiro atoms. The van der Waals surface area contributed by atoms with Gasteiger partial charge in [-0.25, -0.2) is 9.78 Å². The molecule has 2 saturated heterocycles. The molecule has 3 aliphatic heterocycles. The van der Waals surface area contributed by atoms with Crippen LogP contribution in [0.4, 0.5) is 0 Å². The van der Waals surface area contributed by atoms with Gasteiger partial charge in [0.15, 0.2) is 5.82 Å². The van der Waals surface area contributed by atoms with Gasteiger partial charge in [0.2, 0.25) is 5.91 Å². The molecule has 11 heteroatoms. The molecule has 0 aliphatic carbocycles. The van der Waals surface area contributed by atoms with Crippen LogP contribution in [0.15, 0.2) is 42.9 Å². The number of hydrogen-bond acceptors (Lipinski definition) is 9. The molecule has 6 rings (SSSR count). The highest BCUT2D eigenvalue weighted by Crippen LogP contribution is 2.35. The van der Waals surface area contributed by atoms with Crippen LogP contribution in [0.25, 0.3) is 5.82 Å². The number of tetrazole rings is 1. The van der Waals surface area contributed by atoms with Gasteiger partial charge >= 0.3 is 5.97 Å². The van der Waals surface area contributed by atoms with Crippen molar-refractivity contribution < 1.29 is 19.1 Å². The molecule has 192 valence electrons. The van der Waals surface area contributed by atoms with Gasteiger partial charge in [0.25, 0.3) is 0 Å². The zero-order valence-corrected chi connectivity index (χ0v) is 20.9. The Kier molecular flexibility index (Phi) is 5.96. The van der Waals surface area contributed by atoms with Crippen molar-refractivity contribution in [3.63, 3.8) is 0 Å². The second-order valence-corrected chi connectivity index (χ2v) is 10.3.